The monoisotopic (exact) mass is 204 g/mol. The Hall–Kier alpha value is -1.77. The Bertz CT molecular complexity index is 432. The van der Waals surface area contributed by atoms with Crippen LogP contribution in [0.5, 0.6) is 5.75 Å². The summed E-state index contributed by atoms with van der Waals surface area (Å²) in [5.74, 6) is 0.792. The van der Waals surface area contributed by atoms with Gasteiger partial charge in [-0.05, 0) is 35.8 Å². The predicted octanol–water partition coefficient (Wildman–Crippen LogP) is 2.27. The van der Waals surface area contributed by atoms with Gasteiger partial charge >= 0.3 is 0 Å². The molecule has 1 aromatic rings. The van der Waals surface area contributed by atoms with Crippen molar-refractivity contribution in [3.8, 4) is 5.75 Å². The van der Waals surface area contributed by atoms with Crippen molar-refractivity contribution in [1.82, 2.24) is 0 Å². The largest absolute Gasteiger partial charge is 0.516 e. The van der Waals surface area contributed by atoms with Crippen LogP contribution in [-0.4, -0.2) is 18.0 Å². The van der Waals surface area contributed by atoms with Crippen LogP contribution in [0.4, 0.5) is 0 Å². The number of aliphatic hydroxyl groups excluding tert-OH is 1. The minimum absolute atomic E-state index is 0.0548. The predicted molar refractivity (Wildman–Crippen MR) is 56.4 cm³/mol. The summed E-state index contributed by atoms with van der Waals surface area (Å²) in [5, 5.41) is 8.92. The number of allylic oxidation sites excluding steroid dienone is 1. The third kappa shape index (κ3) is 1.73. The molecule has 0 aromatic heterocycles. The fourth-order valence-electron chi connectivity index (χ4n) is 1.82. The minimum atomic E-state index is 0.0548. The molecule has 0 aliphatic heterocycles. The first-order valence-electron chi connectivity index (χ1n) is 4.77. The summed E-state index contributed by atoms with van der Waals surface area (Å²) in [6.07, 6.45) is 1.96. The third-order valence-corrected chi connectivity index (χ3v) is 2.60. The molecule has 0 unspecified atom stereocenters. The number of hydrogen-bond donors (Lipinski definition) is 1. The van der Waals surface area contributed by atoms with E-state index in [1.54, 1.807) is 19.2 Å². The molecule has 0 amide bonds. The molecule has 1 aliphatic rings. The first-order valence-corrected chi connectivity index (χ1v) is 4.77. The smallest absolute Gasteiger partial charge is 0.167 e. The lowest BCUT2D eigenvalue weighted by molar-refractivity contribution is 0.0986. The van der Waals surface area contributed by atoms with Crippen LogP contribution >= 0.6 is 0 Å². The van der Waals surface area contributed by atoms with Gasteiger partial charge in [0.05, 0.1) is 13.4 Å². The fourth-order valence-corrected chi connectivity index (χ4v) is 1.82. The molecule has 0 spiro atoms. The summed E-state index contributed by atoms with van der Waals surface area (Å²) >= 11 is 0. The summed E-state index contributed by atoms with van der Waals surface area (Å²) in [6.45, 7) is 0. The molecule has 0 heterocycles. The number of methoxy groups -OCH3 is 1. The lowest BCUT2D eigenvalue weighted by atomic mass is 9.87. The van der Waals surface area contributed by atoms with Crippen LogP contribution in [0.25, 0.3) is 0 Å². The van der Waals surface area contributed by atoms with Gasteiger partial charge in [0.15, 0.2) is 5.78 Å². The van der Waals surface area contributed by atoms with Crippen LogP contribution in [0, 0.1) is 0 Å². The molecule has 0 fully saturated rings. The second-order valence-electron chi connectivity index (χ2n) is 3.59. The molecule has 1 aliphatic carbocycles. The number of carbonyl (C=O) groups is 1. The Morgan fingerprint density at radius 1 is 1.40 bits per heavy atom. The van der Waals surface area contributed by atoms with Gasteiger partial charge in [0, 0.05) is 12.0 Å². The molecular formula is C12H12O3. The summed E-state index contributed by atoms with van der Waals surface area (Å²) in [7, 11) is 1.59. The number of fused-ring (bicyclic) bond motifs is 1. The van der Waals surface area contributed by atoms with E-state index in [1.807, 2.05) is 6.07 Å². The Morgan fingerprint density at radius 2 is 2.20 bits per heavy atom. The van der Waals surface area contributed by atoms with Gasteiger partial charge in [-0.15, -0.1) is 0 Å². The van der Waals surface area contributed by atoms with E-state index in [0.29, 0.717) is 12.8 Å². The van der Waals surface area contributed by atoms with E-state index in [2.05, 4.69) is 0 Å². The van der Waals surface area contributed by atoms with Crippen molar-refractivity contribution < 1.29 is 14.6 Å². The van der Waals surface area contributed by atoms with Crippen molar-refractivity contribution in [2.75, 3.05) is 7.11 Å². The van der Waals surface area contributed by atoms with Crippen LogP contribution in [0.3, 0.4) is 0 Å². The normalized spacial score (nSPS) is 17.7. The lowest BCUT2D eigenvalue weighted by Crippen LogP contribution is -2.13. The quantitative estimate of drug-likeness (QED) is 0.714. The Balaban J connectivity index is 2.46. The number of ether oxygens (including phenoxy) is 1. The fraction of sp³-hybridized carbons (Fsp3) is 0.250. The molecule has 15 heavy (non-hydrogen) atoms. The van der Waals surface area contributed by atoms with Gasteiger partial charge in [0.25, 0.3) is 0 Å². The highest BCUT2D eigenvalue weighted by Gasteiger charge is 2.20. The van der Waals surface area contributed by atoms with Crippen molar-refractivity contribution >= 4 is 5.78 Å². The Kier molecular flexibility index (Phi) is 2.46. The van der Waals surface area contributed by atoms with Gasteiger partial charge in [0.2, 0.25) is 0 Å². The van der Waals surface area contributed by atoms with Gasteiger partial charge in [-0.1, -0.05) is 0 Å². The molecule has 2 rings (SSSR count). The molecule has 0 saturated carbocycles. The number of benzene rings is 1. The SMILES string of the molecule is COc1ccc2c(c1)CC(=CO)CC2=O. The minimum Gasteiger partial charge on any atom is -0.516 e. The number of ketones is 1. The Labute approximate surface area is 88.0 Å². The van der Waals surface area contributed by atoms with Crippen LogP contribution in [0.1, 0.15) is 22.3 Å². The van der Waals surface area contributed by atoms with E-state index in [-0.39, 0.29) is 5.78 Å². The molecule has 78 valence electrons. The molecule has 0 atom stereocenters. The van der Waals surface area contributed by atoms with E-state index in [4.69, 9.17) is 9.84 Å². The zero-order valence-corrected chi connectivity index (χ0v) is 8.49. The van der Waals surface area contributed by atoms with Crippen molar-refractivity contribution in [1.29, 1.82) is 0 Å². The highest BCUT2D eigenvalue weighted by atomic mass is 16.5. The number of Topliss-reactive ketones (excluding diaryl/α,β-unsaturated/α-hetero) is 1. The maximum atomic E-state index is 11.7. The number of rotatable bonds is 1. The van der Waals surface area contributed by atoms with Crippen LogP contribution in [0.15, 0.2) is 30.0 Å². The molecule has 1 N–H and O–H groups in total. The molecular weight excluding hydrogens is 192 g/mol. The van der Waals surface area contributed by atoms with E-state index in [9.17, 15) is 4.79 Å². The lowest BCUT2D eigenvalue weighted by Gasteiger charge is -2.17. The van der Waals surface area contributed by atoms with Gasteiger partial charge in [0.1, 0.15) is 5.75 Å². The van der Waals surface area contributed by atoms with Crippen molar-refractivity contribution in [3.05, 3.63) is 41.2 Å². The summed E-state index contributed by atoms with van der Waals surface area (Å²) < 4.78 is 5.09. The van der Waals surface area contributed by atoms with Crippen molar-refractivity contribution in [2.24, 2.45) is 0 Å². The highest BCUT2D eigenvalue weighted by molar-refractivity contribution is 6.00. The average molecular weight is 204 g/mol. The molecule has 3 nitrogen and oxygen atoms in total. The van der Waals surface area contributed by atoms with Gasteiger partial charge in [-0.25, -0.2) is 0 Å². The van der Waals surface area contributed by atoms with Gasteiger partial charge in [-0.2, -0.15) is 0 Å². The summed E-state index contributed by atoms with van der Waals surface area (Å²) in [5.41, 5.74) is 2.41. The first-order chi connectivity index (χ1) is 7.24. The number of carbonyl (C=O) groups excluding carboxylic acids is 1. The van der Waals surface area contributed by atoms with Gasteiger partial charge in [-0.3, -0.25) is 4.79 Å². The zero-order chi connectivity index (χ0) is 10.8. The zero-order valence-electron chi connectivity index (χ0n) is 8.49. The summed E-state index contributed by atoms with van der Waals surface area (Å²) in [4.78, 5) is 11.7. The number of aliphatic hydroxyl groups is 1. The van der Waals surface area contributed by atoms with E-state index < -0.39 is 0 Å². The molecule has 0 radical (unpaired) electrons. The first kappa shape index (κ1) is 9.77. The van der Waals surface area contributed by atoms with Crippen molar-refractivity contribution in [3.63, 3.8) is 0 Å². The average Bonchev–Trinajstić information content (AvgIpc) is 2.28. The van der Waals surface area contributed by atoms with Crippen molar-refractivity contribution in [2.45, 2.75) is 12.8 Å². The highest BCUT2D eigenvalue weighted by Crippen LogP contribution is 2.27. The van der Waals surface area contributed by atoms with Crippen LogP contribution in [0.2, 0.25) is 0 Å². The van der Waals surface area contributed by atoms with Crippen LogP contribution in [-0.2, 0) is 6.42 Å². The van der Waals surface area contributed by atoms with E-state index in [0.717, 1.165) is 28.7 Å². The van der Waals surface area contributed by atoms with E-state index in [1.165, 1.54) is 0 Å². The number of hydrogen-bond acceptors (Lipinski definition) is 3. The summed E-state index contributed by atoms with van der Waals surface area (Å²) in [6, 6.07) is 5.41. The maximum Gasteiger partial charge on any atom is 0.167 e. The molecule has 3 heteroatoms. The van der Waals surface area contributed by atoms with E-state index >= 15 is 0 Å². The second kappa shape index (κ2) is 3.77. The standard InChI is InChI=1S/C12H12O3/c1-15-10-2-3-11-9(6-10)4-8(7-13)5-12(11)14/h2-3,6-7,13H,4-5H2,1H3. The Morgan fingerprint density at radius 3 is 2.87 bits per heavy atom. The van der Waals surface area contributed by atoms with Gasteiger partial charge < -0.3 is 9.84 Å². The van der Waals surface area contributed by atoms with Crippen LogP contribution < -0.4 is 4.74 Å². The topological polar surface area (TPSA) is 46.5 Å². The molecule has 0 saturated heterocycles. The second-order valence-corrected chi connectivity index (χ2v) is 3.59. The molecule has 1 aromatic carbocycles. The molecule has 0 bridgehead atoms. The third-order valence-electron chi connectivity index (χ3n) is 2.60. The maximum absolute atomic E-state index is 11.7.